The minimum Gasteiger partial charge on any atom is -0.394 e. The maximum atomic E-state index is 12.1. The number of rotatable bonds is 2. The van der Waals surface area contributed by atoms with Crippen molar-refractivity contribution >= 4 is 17.5 Å². The van der Waals surface area contributed by atoms with Crippen molar-refractivity contribution in [1.82, 2.24) is 4.90 Å². The molecule has 0 aliphatic carbocycles. The second-order valence-corrected chi connectivity index (χ2v) is 5.33. The molecular formula is C15H20N2O3. The number of aliphatic hydroxyl groups is 1. The van der Waals surface area contributed by atoms with Crippen LogP contribution in [0.4, 0.5) is 5.69 Å². The van der Waals surface area contributed by atoms with Gasteiger partial charge in [0.05, 0.1) is 12.6 Å². The van der Waals surface area contributed by atoms with Gasteiger partial charge in [0, 0.05) is 12.2 Å². The molecule has 2 N–H and O–H groups in total. The van der Waals surface area contributed by atoms with Crippen LogP contribution in [-0.4, -0.2) is 41.0 Å². The fourth-order valence-corrected chi connectivity index (χ4v) is 2.49. The third-order valence-electron chi connectivity index (χ3n) is 3.83. The average molecular weight is 276 g/mol. The van der Waals surface area contributed by atoms with Crippen LogP contribution < -0.4 is 5.32 Å². The molecule has 1 aliphatic heterocycles. The van der Waals surface area contributed by atoms with Crippen LogP contribution >= 0.6 is 0 Å². The van der Waals surface area contributed by atoms with Crippen molar-refractivity contribution in [3.05, 3.63) is 29.8 Å². The van der Waals surface area contributed by atoms with Crippen molar-refractivity contribution in [1.29, 1.82) is 0 Å². The summed E-state index contributed by atoms with van der Waals surface area (Å²) in [7, 11) is 0. The van der Waals surface area contributed by atoms with E-state index in [1.165, 1.54) is 4.90 Å². The summed E-state index contributed by atoms with van der Waals surface area (Å²) in [6.45, 7) is 4.34. The summed E-state index contributed by atoms with van der Waals surface area (Å²) >= 11 is 0. The first-order valence-electron chi connectivity index (χ1n) is 6.82. The predicted molar refractivity (Wildman–Crippen MR) is 76.2 cm³/mol. The van der Waals surface area contributed by atoms with Crippen molar-refractivity contribution in [2.45, 2.75) is 26.3 Å². The van der Waals surface area contributed by atoms with Crippen molar-refractivity contribution in [2.75, 3.05) is 18.5 Å². The van der Waals surface area contributed by atoms with Crippen LogP contribution in [0, 0.1) is 12.8 Å². The molecule has 1 fully saturated rings. The van der Waals surface area contributed by atoms with Crippen molar-refractivity contribution in [3.63, 3.8) is 0 Å². The molecule has 0 saturated carbocycles. The third-order valence-corrected chi connectivity index (χ3v) is 3.83. The van der Waals surface area contributed by atoms with E-state index in [1.54, 1.807) is 12.1 Å². The minimum absolute atomic E-state index is 0.106. The highest BCUT2D eigenvalue weighted by Crippen LogP contribution is 2.23. The summed E-state index contributed by atoms with van der Waals surface area (Å²) in [5.74, 6) is -1.01. The molecule has 0 spiro atoms. The van der Waals surface area contributed by atoms with E-state index in [2.05, 4.69) is 5.32 Å². The van der Waals surface area contributed by atoms with Gasteiger partial charge >= 0.3 is 11.8 Å². The molecule has 20 heavy (non-hydrogen) atoms. The Morgan fingerprint density at radius 2 is 2.00 bits per heavy atom. The number of nitrogens with one attached hydrogen (secondary N) is 1. The lowest BCUT2D eigenvalue weighted by molar-refractivity contribution is -0.144. The quantitative estimate of drug-likeness (QED) is 0.796. The number of anilines is 1. The highest BCUT2D eigenvalue weighted by atomic mass is 16.3. The first-order valence-corrected chi connectivity index (χ1v) is 6.82. The smallest absolute Gasteiger partial charge is 0.313 e. The number of hydrogen-bond donors (Lipinski definition) is 2. The molecule has 2 atom stereocenters. The van der Waals surface area contributed by atoms with E-state index in [1.807, 2.05) is 26.0 Å². The minimum atomic E-state index is -0.651. The van der Waals surface area contributed by atoms with Gasteiger partial charge in [-0.05, 0) is 31.4 Å². The normalized spacial score (nSPS) is 21.9. The van der Waals surface area contributed by atoms with Crippen molar-refractivity contribution in [3.8, 4) is 0 Å². The van der Waals surface area contributed by atoms with E-state index in [0.717, 1.165) is 12.0 Å². The lowest BCUT2D eigenvalue weighted by Gasteiger charge is -2.24. The Bertz CT molecular complexity index is 498. The van der Waals surface area contributed by atoms with Crippen LogP contribution in [0.5, 0.6) is 0 Å². The molecule has 1 heterocycles. The standard InChI is InChI=1S/C15H20N2O3/c1-10-3-5-12(6-4-10)16-14(19)15(20)17-8-7-11(2)13(17)9-18/h3-6,11,13,18H,7-9H2,1-2H3,(H,16,19). The Balaban J connectivity index is 2.02. The third kappa shape index (κ3) is 2.99. The number of nitrogens with zero attached hydrogens (tertiary/aromatic N) is 1. The summed E-state index contributed by atoms with van der Waals surface area (Å²) in [5.41, 5.74) is 1.68. The Labute approximate surface area is 118 Å². The van der Waals surface area contributed by atoms with E-state index in [9.17, 15) is 14.7 Å². The molecule has 1 saturated heterocycles. The van der Waals surface area contributed by atoms with Gasteiger partial charge in [-0.1, -0.05) is 24.6 Å². The molecule has 2 unspecified atom stereocenters. The summed E-state index contributed by atoms with van der Waals surface area (Å²) in [6, 6.07) is 7.00. The Morgan fingerprint density at radius 3 is 2.60 bits per heavy atom. The molecule has 1 aliphatic rings. The van der Waals surface area contributed by atoms with Crippen LogP contribution in [0.15, 0.2) is 24.3 Å². The lowest BCUT2D eigenvalue weighted by Crippen LogP contribution is -2.45. The molecular weight excluding hydrogens is 256 g/mol. The number of aryl methyl sites for hydroxylation is 1. The topological polar surface area (TPSA) is 69.6 Å². The second-order valence-electron chi connectivity index (χ2n) is 5.33. The Kier molecular flexibility index (Phi) is 4.39. The van der Waals surface area contributed by atoms with Gasteiger partial charge in [0.1, 0.15) is 0 Å². The summed E-state index contributed by atoms with van der Waals surface area (Å²) in [6.07, 6.45) is 0.814. The number of likely N-dealkylation sites (tertiary alicyclic amines) is 1. The number of hydrogen-bond acceptors (Lipinski definition) is 3. The summed E-state index contributed by atoms with van der Waals surface area (Å²) in [4.78, 5) is 25.6. The van der Waals surface area contributed by atoms with Crippen LogP contribution in [0.1, 0.15) is 18.9 Å². The molecule has 5 heteroatoms. The van der Waals surface area contributed by atoms with Crippen molar-refractivity contribution in [2.24, 2.45) is 5.92 Å². The van der Waals surface area contributed by atoms with E-state index < -0.39 is 11.8 Å². The van der Waals surface area contributed by atoms with Gasteiger partial charge < -0.3 is 15.3 Å². The van der Waals surface area contributed by atoms with Gasteiger partial charge in [-0.15, -0.1) is 0 Å². The van der Waals surface area contributed by atoms with Crippen LogP contribution in [-0.2, 0) is 9.59 Å². The number of aliphatic hydroxyl groups excluding tert-OH is 1. The number of amides is 2. The van der Waals surface area contributed by atoms with E-state index in [-0.39, 0.29) is 18.6 Å². The molecule has 1 aromatic rings. The number of carbonyl (C=O) groups excluding carboxylic acids is 2. The molecule has 1 aromatic carbocycles. The molecule has 2 amide bonds. The molecule has 2 rings (SSSR count). The van der Waals surface area contributed by atoms with E-state index >= 15 is 0 Å². The Hall–Kier alpha value is -1.88. The van der Waals surface area contributed by atoms with Gasteiger partial charge in [0.25, 0.3) is 0 Å². The summed E-state index contributed by atoms with van der Waals surface area (Å²) in [5, 5.41) is 11.9. The highest BCUT2D eigenvalue weighted by molar-refractivity contribution is 6.39. The highest BCUT2D eigenvalue weighted by Gasteiger charge is 2.36. The van der Waals surface area contributed by atoms with Gasteiger partial charge in [-0.2, -0.15) is 0 Å². The second kappa shape index (κ2) is 6.05. The van der Waals surface area contributed by atoms with Crippen LogP contribution in [0.3, 0.4) is 0 Å². The maximum Gasteiger partial charge on any atom is 0.313 e. The first kappa shape index (κ1) is 14.5. The molecule has 108 valence electrons. The zero-order chi connectivity index (χ0) is 14.7. The SMILES string of the molecule is Cc1ccc(NC(=O)C(=O)N2CCC(C)C2CO)cc1. The molecule has 0 radical (unpaired) electrons. The zero-order valence-corrected chi connectivity index (χ0v) is 11.8. The van der Waals surface area contributed by atoms with E-state index in [4.69, 9.17) is 0 Å². The molecule has 0 bridgehead atoms. The zero-order valence-electron chi connectivity index (χ0n) is 11.8. The summed E-state index contributed by atoms with van der Waals surface area (Å²) < 4.78 is 0. The van der Waals surface area contributed by atoms with E-state index in [0.29, 0.717) is 12.2 Å². The fraction of sp³-hybridized carbons (Fsp3) is 0.467. The van der Waals surface area contributed by atoms with Gasteiger partial charge in [-0.25, -0.2) is 0 Å². The van der Waals surface area contributed by atoms with Gasteiger partial charge in [0.2, 0.25) is 0 Å². The lowest BCUT2D eigenvalue weighted by atomic mass is 10.0. The first-order chi connectivity index (χ1) is 9.52. The van der Waals surface area contributed by atoms with Crippen molar-refractivity contribution < 1.29 is 14.7 Å². The predicted octanol–water partition coefficient (Wildman–Crippen LogP) is 1.16. The van der Waals surface area contributed by atoms with Crippen LogP contribution in [0.2, 0.25) is 0 Å². The number of benzene rings is 1. The average Bonchev–Trinajstić information content (AvgIpc) is 2.81. The molecule has 5 nitrogen and oxygen atoms in total. The van der Waals surface area contributed by atoms with Gasteiger partial charge in [-0.3, -0.25) is 9.59 Å². The van der Waals surface area contributed by atoms with Gasteiger partial charge in [0.15, 0.2) is 0 Å². The largest absolute Gasteiger partial charge is 0.394 e. The monoisotopic (exact) mass is 276 g/mol. The number of carbonyl (C=O) groups is 2. The van der Waals surface area contributed by atoms with Crippen LogP contribution in [0.25, 0.3) is 0 Å². The Morgan fingerprint density at radius 1 is 1.35 bits per heavy atom. The molecule has 0 aromatic heterocycles. The fourth-order valence-electron chi connectivity index (χ4n) is 2.49. The maximum absolute atomic E-state index is 12.1.